The molecule has 2 rings (SSSR count). The molecular weight excluding hydrogens is 419 g/mol. The molecule has 2 unspecified atom stereocenters. The van der Waals surface area contributed by atoms with Crippen LogP contribution in [0.3, 0.4) is 0 Å². The Morgan fingerprint density at radius 3 is 2.73 bits per heavy atom. The smallest absolute Gasteiger partial charge is 0.416 e. The van der Waals surface area contributed by atoms with Crippen molar-refractivity contribution in [3.63, 3.8) is 0 Å². The van der Waals surface area contributed by atoms with Crippen LogP contribution in [0.4, 0.5) is 13.2 Å². The van der Waals surface area contributed by atoms with Crippen molar-refractivity contribution in [3.05, 3.63) is 53.0 Å². The molecule has 0 radical (unpaired) electrons. The van der Waals surface area contributed by atoms with Gasteiger partial charge < -0.3 is 5.11 Å². The number of nitrogens with one attached hydrogen (secondary N) is 1. The van der Waals surface area contributed by atoms with Crippen LogP contribution in [-0.4, -0.2) is 25.5 Å². The lowest BCUT2D eigenvalue weighted by Crippen LogP contribution is -2.37. The third-order valence-electron chi connectivity index (χ3n) is 4.87. The van der Waals surface area contributed by atoms with E-state index >= 15 is 0 Å². The van der Waals surface area contributed by atoms with Crippen LogP contribution in [0, 0.1) is 5.92 Å². The van der Waals surface area contributed by atoms with Crippen LogP contribution in [0.5, 0.6) is 0 Å². The molecular formula is C21H26F3NO4S. The molecule has 2 atom stereocenters. The van der Waals surface area contributed by atoms with Crippen LogP contribution in [0.2, 0.25) is 0 Å². The molecule has 0 spiro atoms. The summed E-state index contributed by atoms with van der Waals surface area (Å²) in [4.78, 5) is 10.5. The lowest BCUT2D eigenvalue weighted by atomic mass is 9.86. The molecule has 5 nitrogen and oxygen atoms in total. The molecule has 2 N–H and O–H groups in total. The number of halogens is 3. The highest BCUT2D eigenvalue weighted by Gasteiger charge is 2.30. The van der Waals surface area contributed by atoms with Crippen LogP contribution in [-0.2, 0) is 21.0 Å². The van der Waals surface area contributed by atoms with Crippen molar-refractivity contribution in [2.75, 3.05) is 0 Å². The zero-order valence-electron chi connectivity index (χ0n) is 16.4. The number of unbranched alkanes of at least 4 members (excludes halogenated alkanes) is 1. The fourth-order valence-electron chi connectivity index (χ4n) is 3.43. The third-order valence-corrected chi connectivity index (χ3v) is 6.03. The highest BCUT2D eigenvalue weighted by molar-refractivity contribution is 7.92. The largest absolute Gasteiger partial charge is 0.481 e. The summed E-state index contributed by atoms with van der Waals surface area (Å²) in [5, 5.41) is 9.52. The second kappa shape index (κ2) is 10.8. The zero-order chi connectivity index (χ0) is 22.2. The Bertz CT molecular complexity index is 878. The van der Waals surface area contributed by atoms with Crippen molar-refractivity contribution in [1.82, 2.24) is 4.72 Å². The highest BCUT2D eigenvalue weighted by Crippen LogP contribution is 2.30. The van der Waals surface area contributed by atoms with Gasteiger partial charge in [0.05, 0.1) is 5.56 Å². The number of carbonyl (C=O) groups is 1. The summed E-state index contributed by atoms with van der Waals surface area (Å²) < 4.78 is 65.6. The van der Waals surface area contributed by atoms with Gasteiger partial charge in [-0.3, -0.25) is 4.79 Å². The van der Waals surface area contributed by atoms with E-state index in [0.717, 1.165) is 36.5 Å². The molecule has 1 aromatic carbocycles. The lowest BCUT2D eigenvalue weighted by Gasteiger charge is -2.27. The van der Waals surface area contributed by atoms with E-state index in [2.05, 4.69) is 4.72 Å². The normalized spacial score (nSPS) is 20.8. The molecule has 1 saturated carbocycles. The predicted octanol–water partition coefficient (Wildman–Crippen LogP) is 4.97. The third kappa shape index (κ3) is 8.71. The number of carboxylic acid groups (broad SMARTS) is 1. The Labute approximate surface area is 174 Å². The number of hydrogen-bond acceptors (Lipinski definition) is 3. The first-order valence-electron chi connectivity index (χ1n) is 9.81. The van der Waals surface area contributed by atoms with Crippen molar-refractivity contribution < 1.29 is 31.5 Å². The molecule has 0 bridgehead atoms. The van der Waals surface area contributed by atoms with Crippen molar-refractivity contribution in [3.8, 4) is 0 Å². The molecule has 0 amide bonds. The minimum Gasteiger partial charge on any atom is -0.481 e. The Kier molecular flexibility index (Phi) is 8.66. The van der Waals surface area contributed by atoms with Crippen molar-refractivity contribution in [1.29, 1.82) is 0 Å². The van der Waals surface area contributed by atoms with Gasteiger partial charge in [-0.05, 0) is 61.8 Å². The summed E-state index contributed by atoms with van der Waals surface area (Å²) in [6.07, 6.45) is 5.09. The van der Waals surface area contributed by atoms with Gasteiger partial charge in [0, 0.05) is 17.9 Å². The summed E-state index contributed by atoms with van der Waals surface area (Å²) in [5.41, 5.74) is -0.679. The number of rotatable bonds is 9. The summed E-state index contributed by atoms with van der Waals surface area (Å²) in [5.74, 6) is -0.613. The highest BCUT2D eigenvalue weighted by atomic mass is 32.2. The van der Waals surface area contributed by atoms with Crippen molar-refractivity contribution >= 4 is 22.1 Å². The Morgan fingerprint density at radius 1 is 1.27 bits per heavy atom. The SMILES string of the molecule is O=C(O)CCC/C=C/C1CCCC(NS(=O)(=O)/C=C/c2cccc(C(F)(F)F)c2)C1. The Hall–Kier alpha value is -2.13. The average Bonchev–Trinajstić information content (AvgIpc) is 2.65. The maximum atomic E-state index is 12.8. The van der Waals surface area contributed by atoms with E-state index in [0.29, 0.717) is 25.7 Å². The van der Waals surface area contributed by atoms with E-state index in [4.69, 9.17) is 5.11 Å². The average molecular weight is 446 g/mol. The van der Waals surface area contributed by atoms with Crippen LogP contribution < -0.4 is 4.72 Å². The number of benzene rings is 1. The molecule has 1 fully saturated rings. The molecule has 30 heavy (non-hydrogen) atoms. The minimum absolute atomic E-state index is 0.121. The van der Waals surface area contributed by atoms with Gasteiger partial charge in [-0.2, -0.15) is 13.2 Å². The number of carboxylic acids is 1. The van der Waals surface area contributed by atoms with Gasteiger partial charge in [-0.15, -0.1) is 0 Å². The standard InChI is InChI=1S/C21H26F3NO4S/c22-21(23,24)18-9-4-7-17(14-18)12-13-30(28,29)25-19-10-5-8-16(15-19)6-2-1-3-11-20(26)27/h2,4,6-7,9,12-14,16,19,25H,1,3,5,8,10-11,15H2,(H,26,27)/b6-2+,13-12+. The lowest BCUT2D eigenvalue weighted by molar-refractivity contribution is -0.138. The summed E-state index contributed by atoms with van der Waals surface area (Å²) in [6.45, 7) is 0. The van der Waals surface area contributed by atoms with Crippen LogP contribution >= 0.6 is 0 Å². The molecule has 1 aromatic rings. The van der Waals surface area contributed by atoms with Gasteiger partial charge in [-0.25, -0.2) is 13.1 Å². The zero-order valence-corrected chi connectivity index (χ0v) is 17.3. The van der Waals surface area contributed by atoms with E-state index in [9.17, 15) is 26.4 Å². The van der Waals surface area contributed by atoms with E-state index in [1.165, 1.54) is 12.1 Å². The molecule has 0 aromatic heterocycles. The van der Waals surface area contributed by atoms with Crippen LogP contribution in [0.15, 0.2) is 41.8 Å². The molecule has 1 aliphatic rings. The van der Waals surface area contributed by atoms with E-state index in [1.54, 1.807) is 0 Å². The maximum absolute atomic E-state index is 12.8. The molecule has 166 valence electrons. The Balaban J connectivity index is 1.91. The fraction of sp³-hybridized carbons (Fsp3) is 0.476. The molecule has 1 aliphatic carbocycles. The first kappa shape index (κ1) is 24.1. The fourth-order valence-corrected chi connectivity index (χ4v) is 4.52. The molecule has 0 heterocycles. The van der Waals surface area contributed by atoms with Gasteiger partial charge in [0.25, 0.3) is 0 Å². The van der Waals surface area contributed by atoms with Crippen molar-refractivity contribution in [2.45, 2.75) is 57.2 Å². The van der Waals surface area contributed by atoms with Gasteiger partial charge in [0.15, 0.2) is 0 Å². The van der Waals surface area contributed by atoms with Crippen LogP contribution in [0.25, 0.3) is 6.08 Å². The topological polar surface area (TPSA) is 83.5 Å². The van der Waals surface area contributed by atoms with Crippen molar-refractivity contribution in [2.24, 2.45) is 5.92 Å². The summed E-state index contributed by atoms with van der Waals surface area (Å²) in [6, 6.07) is 4.23. The maximum Gasteiger partial charge on any atom is 0.416 e. The summed E-state index contributed by atoms with van der Waals surface area (Å²) in [7, 11) is -3.79. The second-order valence-corrected chi connectivity index (χ2v) is 9.02. The minimum atomic E-state index is -4.49. The van der Waals surface area contributed by atoms with E-state index in [1.807, 2.05) is 12.2 Å². The number of hydrogen-bond donors (Lipinski definition) is 2. The second-order valence-electron chi connectivity index (χ2n) is 7.43. The predicted molar refractivity (Wildman–Crippen MR) is 109 cm³/mol. The summed E-state index contributed by atoms with van der Waals surface area (Å²) >= 11 is 0. The molecule has 0 aliphatic heterocycles. The molecule has 9 heteroatoms. The van der Waals surface area contributed by atoms with Gasteiger partial charge in [-0.1, -0.05) is 30.7 Å². The van der Waals surface area contributed by atoms with Gasteiger partial charge in [0.1, 0.15) is 0 Å². The number of aliphatic carboxylic acids is 1. The van der Waals surface area contributed by atoms with Crippen LogP contribution in [0.1, 0.15) is 56.1 Å². The molecule has 0 saturated heterocycles. The van der Waals surface area contributed by atoms with Gasteiger partial charge in [0.2, 0.25) is 10.0 Å². The van der Waals surface area contributed by atoms with E-state index < -0.39 is 27.7 Å². The Morgan fingerprint density at radius 2 is 2.03 bits per heavy atom. The quantitative estimate of drug-likeness (QED) is 0.415. The first-order valence-corrected chi connectivity index (χ1v) is 11.4. The number of sulfonamides is 1. The number of allylic oxidation sites excluding steroid dienone is 2. The van der Waals surface area contributed by atoms with E-state index in [-0.39, 0.29) is 23.9 Å². The first-order chi connectivity index (χ1) is 14.0. The number of alkyl halides is 3. The van der Waals surface area contributed by atoms with Gasteiger partial charge >= 0.3 is 12.1 Å². The monoisotopic (exact) mass is 445 g/mol.